The summed E-state index contributed by atoms with van der Waals surface area (Å²) in [6, 6.07) is 16.9. The lowest BCUT2D eigenvalue weighted by atomic mass is 10.1. The number of nitriles is 1. The van der Waals surface area contributed by atoms with E-state index in [1.54, 1.807) is 24.3 Å². The standard InChI is InChI=1S/C22H25N5O2/c1-26-12-14-27(15-13-26)19-8-6-17(7-9-19)10-11-24-21(28)22(29)25-20-5-3-2-4-18(20)16-23/h2-9H,10-15H2,1H3,(H,24,28)(H,25,29). The molecule has 2 N–H and O–H groups in total. The molecule has 29 heavy (non-hydrogen) atoms. The van der Waals surface area contributed by atoms with Crippen LogP contribution >= 0.6 is 0 Å². The number of hydrogen-bond donors (Lipinski definition) is 2. The lowest BCUT2D eigenvalue weighted by molar-refractivity contribution is -0.136. The van der Waals surface area contributed by atoms with E-state index in [1.807, 2.05) is 6.07 Å². The summed E-state index contributed by atoms with van der Waals surface area (Å²) in [7, 11) is 2.14. The van der Waals surface area contributed by atoms with Crippen LogP contribution in [0.3, 0.4) is 0 Å². The zero-order valence-electron chi connectivity index (χ0n) is 16.5. The number of piperazine rings is 1. The van der Waals surface area contributed by atoms with E-state index in [0.717, 1.165) is 31.7 Å². The molecule has 0 aliphatic carbocycles. The lowest BCUT2D eigenvalue weighted by Crippen LogP contribution is -2.44. The maximum Gasteiger partial charge on any atom is 0.313 e. The molecule has 0 spiro atoms. The molecule has 2 aromatic rings. The predicted octanol–water partition coefficient (Wildman–Crippen LogP) is 1.61. The molecule has 0 bridgehead atoms. The highest BCUT2D eigenvalue weighted by atomic mass is 16.2. The van der Waals surface area contributed by atoms with Crippen LogP contribution in [-0.2, 0) is 16.0 Å². The Hall–Kier alpha value is -3.37. The first-order valence-corrected chi connectivity index (χ1v) is 9.67. The van der Waals surface area contributed by atoms with Crippen LogP contribution in [0.15, 0.2) is 48.5 Å². The zero-order valence-corrected chi connectivity index (χ0v) is 16.5. The number of hydrogen-bond acceptors (Lipinski definition) is 5. The number of nitrogens with one attached hydrogen (secondary N) is 2. The number of likely N-dealkylation sites (N-methyl/N-ethyl adjacent to an activating group) is 1. The van der Waals surface area contributed by atoms with Crippen molar-refractivity contribution in [2.75, 3.05) is 50.0 Å². The smallest absolute Gasteiger partial charge is 0.313 e. The van der Waals surface area contributed by atoms with Crippen LogP contribution < -0.4 is 15.5 Å². The van der Waals surface area contributed by atoms with Crippen molar-refractivity contribution in [2.45, 2.75) is 6.42 Å². The summed E-state index contributed by atoms with van der Waals surface area (Å²) in [4.78, 5) is 28.7. The summed E-state index contributed by atoms with van der Waals surface area (Å²) in [6.07, 6.45) is 0.636. The fourth-order valence-electron chi connectivity index (χ4n) is 3.21. The van der Waals surface area contributed by atoms with Gasteiger partial charge in [-0.15, -0.1) is 0 Å². The molecule has 150 valence electrons. The molecule has 1 aliphatic heterocycles. The molecule has 2 aromatic carbocycles. The Morgan fingerprint density at radius 1 is 1.00 bits per heavy atom. The molecule has 0 atom stereocenters. The van der Waals surface area contributed by atoms with Gasteiger partial charge in [-0.05, 0) is 43.3 Å². The van der Waals surface area contributed by atoms with Gasteiger partial charge in [0.2, 0.25) is 0 Å². The van der Waals surface area contributed by atoms with Crippen molar-refractivity contribution in [3.05, 3.63) is 59.7 Å². The first-order chi connectivity index (χ1) is 14.1. The molecule has 1 heterocycles. The van der Waals surface area contributed by atoms with Gasteiger partial charge in [-0.25, -0.2) is 0 Å². The van der Waals surface area contributed by atoms with Gasteiger partial charge in [0.05, 0.1) is 11.3 Å². The van der Waals surface area contributed by atoms with E-state index in [9.17, 15) is 9.59 Å². The van der Waals surface area contributed by atoms with Gasteiger partial charge in [0.1, 0.15) is 6.07 Å². The number of amides is 2. The number of rotatable bonds is 5. The molecule has 1 saturated heterocycles. The second-order valence-corrected chi connectivity index (χ2v) is 7.07. The Labute approximate surface area is 170 Å². The second kappa shape index (κ2) is 9.71. The van der Waals surface area contributed by atoms with Crippen LogP contribution in [0, 0.1) is 11.3 Å². The van der Waals surface area contributed by atoms with Gasteiger partial charge in [-0.3, -0.25) is 9.59 Å². The van der Waals surface area contributed by atoms with Crippen molar-refractivity contribution in [1.82, 2.24) is 10.2 Å². The Morgan fingerprint density at radius 2 is 1.69 bits per heavy atom. The average Bonchev–Trinajstić information content (AvgIpc) is 2.75. The van der Waals surface area contributed by atoms with Gasteiger partial charge < -0.3 is 20.4 Å². The quantitative estimate of drug-likeness (QED) is 0.756. The Morgan fingerprint density at radius 3 is 2.38 bits per heavy atom. The van der Waals surface area contributed by atoms with Crippen LogP contribution in [0.2, 0.25) is 0 Å². The molecule has 1 fully saturated rings. The average molecular weight is 391 g/mol. The minimum Gasteiger partial charge on any atom is -0.369 e. The molecular formula is C22H25N5O2. The molecule has 0 saturated carbocycles. The van der Waals surface area contributed by atoms with E-state index in [2.05, 4.69) is 51.7 Å². The molecule has 0 radical (unpaired) electrons. The molecule has 7 heteroatoms. The number of nitrogens with zero attached hydrogens (tertiary/aromatic N) is 3. The van der Waals surface area contributed by atoms with Crippen LogP contribution in [-0.4, -0.2) is 56.5 Å². The van der Waals surface area contributed by atoms with Crippen molar-refractivity contribution in [2.24, 2.45) is 0 Å². The summed E-state index contributed by atoms with van der Waals surface area (Å²) in [6.45, 7) is 4.54. The van der Waals surface area contributed by atoms with Crippen molar-refractivity contribution in [1.29, 1.82) is 5.26 Å². The topological polar surface area (TPSA) is 88.5 Å². The fraction of sp³-hybridized carbons (Fsp3) is 0.318. The fourth-order valence-corrected chi connectivity index (χ4v) is 3.21. The van der Waals surface area contributed by atoms with E-state index in [4.69, 9.17) is 5.26 Å². The summed E-state index contributed by atoms with van der Waals surface area (Å²) in [5, 5.41) is 14.1. The highest BCUT2D eigenvalue weighted by Gasteiger charge is 2.15. The molecule has 0 aromatic heterocycles. The van der Waals surface area contributed by atoms with E-state index >= 15 is 0 Å². The van der Waals surface area contributed by atoms with Crippen molar-refractivity contribution in [3.8, 4) is 6.07 Å². The summed E-state index contributed by atoms with van der Waals surface area (Å²) in [5.41, 5.74) is 2.95. The van der Waals surface area contributed by atoms with Gasteiger partial charge >= 0.3 is 11.8 Å². The van der Waals surface area contributed by atoms with Gasteiger partial charge in [0.25, 0.3) is 0 Å². The minimum atomic E-state index is -0.780. The van der Waals surface area contributed by atoms with Gasteiger partial charge in [0.15, 0.2) is 0 Å². The molecule has 7 nitrogen and oxygen atoms in total. The van der Waals surface area contributed by atoms with Crippen molar-refractivity contribution in [3.63, 3.8) is 0 Å². The summed E-state index contributed by atoms with van der Waals surface area (Å²) in [5.74, 6) is -1.50. The second-order valence-electron chi connectivity index (χ2n) is 7.07. The van der Waals surface area contributed by atoms with Crippen LogP contribution in [0.4, 0.5) is 11.4 Å². The van der Waals surface area contributed by atoms with E-state index in [-0.39, 0.29) is 0 Å². The Kier molecular flexibility index (Phi) is 6.82. The first-order valence-electron chi connectivity index (χ1n) is 9.67. The SMILES string of the molecule is CN1CCN(c2ccc(CCNC(=O)C(=O)Nc3ccccc3C#N)cc2)CC1. The number of carbonyl (C=O) groups excluding carboxylic acids is 2. The third kappa shape index (κ3) is 5.56. The van der Waals surface area contributed by atoms with Gasteiger partial charge in [0, 0.05) is 38.4 Å². The van der Waals surface area contributed by atoms with Gasteiger partial charge in [-0.1, -0.05) is 24.3 Å². The highest BCUT2D eigenvalue weighted by Crippen LogP contribution is 2.17. The maximum atomic E-state index is 12.0. The third-order valence-corrected chi connectivity index (χ3v) is 5.01. The van der Waals surface area contributed by atoms with E-state index < -0.39 is 11.8 Å². The molecule has 2 amide bonds. The molecule has 1 aliphatic rings. The first kappa shape index (κ1) is 20.4. The normalized spacial score (nSPS) is 14.1. The van der Waals surface area contributed by atoms with Gasteiger partial charge in [-0.2, -0.15) is 5.26 Å². The molecule has 3 rings (SSSR count). The Balaban J connectivity index is 1.45. The largest absolute Gasteiger partial charge is 0.369 e. The summed E-state index contributed by atoms with van der Waals surface area (Å²) < 4.78 is 0. The summed E-state index contributed by atoms with van der Waals surface area (Å²) >= 11 is 0. The third-order valence-electron chi connectivity index (χ3n) is 5.01. The molecular weight excluding hydrogens is 366 g/mol. The van der Waals surface area contributed by atoms with Crippen molar-refractivity contribution >= 4 is 23.2 Å². The van der Waals surface area contributed by atoms with E-state index in [0.29, 0.717) is 24.2 Å². The lowest BCUT2D eigenvalue weighted by Gasteiger charge is -2.34. The van der Waals surface area contributed by atoms with Crippen LogP contribution in [0.5, 0.6) is 0 Å². The number of benzene rings is 2. The number of carbonyl (C=O) groups is 2. The number of para-hydroxylation sites is 1. The molecule has 0 unspecified atom stereocenters. The van der Waals surface area contributed by atoms with Crippen LogP contribution in [0.25, 0.3) is 0 Å². The van der Waals surface area contributed by atoms with E-state index in [1.165, 1.54) is 5.69 Å². The Bertz CT molecular complexity index is 896. The highest BCUT2D eigenvalue weighted by molar-refractivity contribution is 6.39. The predicted molar refractivity (Wildman–Crippen MR) is 113 cm³/mol. The van der Waals surface area contributed by atoms with Crippen molar-refractivity contribution < 1.29 is 9.59 Å². The van der Waals surface area contributed by atoms with Crippen LogP contribution in [0.1, 0.15) is 11.1 Å². The zero-order chi connectivity index (χ0) is 20.6. The maximum absolute atomic E-state index is 12.0. The number of anilines is 2. The minimum absolute atomic E-state index is 0.314. The monoisotopic (exact) mass is 391 g/mol.